The number of rotatable bonds is 5. The Kier molecular flexibility index (Phi) is 4.15. The fourth-order valence-corrected chi connectivity index (χ4v) is 1.89. The number of nitrogens with one attached hydrogen (secondary N) is 2. The minimum absolute atomic E-state index is 0.226. The highest BCUT2D eigenvalue weighted by atomic mass is 32.1. The predicted octanol–water partition coefficient (Wildman–Crippen LogP) is 0.191. The van der Waals surface area contributed by atoms with Crippen molar-refractivity contribution in [3.05, 3.63) is 34.7 Å². The maximum Gasteiger partial charge on any atom is 0.271 e. The molecule has 0 aliphatic carbocycles. The molecule has 7 nitrogen and oxygen atoms in total. The maximum atomic E-state index is 11.7. The molecule has 4 N–H and O–H groups in total. The first-order chi connectivity index (χ1) is 8.79. The van der Waals surface area contributed by atoms with Crippen LogP contribution in [0.25, 0.3) is 0 Å². The Bertz CT molecular complexity index is 515. The summed E-state index contributed by atoms with van der Waals surface area (Å²) < 4.78 is 0. The van der Waals surface area contributed by atoms with Crippen LogP contribution in [0, 0.1) is 0 Å². The van der Waals surface area contributed by atoms with Crippen molar-refractivity contribution in [1.82, 2.24) is 20.3 Å². The van der Waals surface area contributed by atoms with Crippen molar-refractivity contribution in [2.24, 2.45) is 5.84 Å². The van der Waals surface area contributed by atoms with Crippen LogP contribution in [0.5, 0.6) is 0 Å². The minimum Gasteiger partial charge on any atom is -0.350 e. The molecule has 2 aromatic heterocycles. The molecule has 0 fully saturated rings. The van der Waals surface area contributed by atoms with Crippen molar-refractivity contribution < 1.29 is 4.79 Å². The van der Waals surface area contributed by atoms with Crippen molar-refractivity contribution in [2.75, 3.05) is 12.0 Å². The van der Waals surface area contributed by atoms with Crippen LogP contribution in [0.3, 0.4) is 0 Å². The third kappa shape index (κ3) is 3.22. The molecular formula is C10H12N6OS. The second-order valence-corrected chi connectivity index (χ2v) is 4.14. The fourth-order valence-electron chi connectivity index (χ4n) is 1.30. The van der Waals surface area contributed by atoms with E-state index in [1.165, 1.54) is 23.7 Å². The average Bonchev–Trinajstić information content (AvgIpc) is 2.92. The van der Waals surface area contributed by atoms with E-state index in [1.54, 1.807) is 5.51 Å². The van der Waals surface area contributed by atoms with Gasteiger partial charge in [0.15, 0.2) is 5.82 Å². The minimum atomic E-state index is -0.283. The van der Waals surface area contributed by atoms with E-state index in [2.05, 4.69) is 25.7 Å². The second kappa shape index (κ2) is 6.03. The first-order valence-electron chi connectivity index (χ1n) is 5.23. The molecule has 2 heterocycles. The van der Waals surface area contributed by atoms with E-state index < -0.39 is 0 Å². The summed E-state index contributed by atoms with van der Waals surface area (Å²) in [6, 6.07) is 0. The van der Waals surface area contributed by atoms with Gasteiger partial charge in [0.25, 0.3) is 5.91 Å². The molecule has 0 aliphatic heterocycles. The number of carbonyl (C=O) groups is 1. The molecule has 0 saturated heterocycles. The van der Waals surface area contributed by atoms with Gasteiger partial charge in [0, 0.05) is 18.3 Å². The fraction of sp³-hybridized carbons (Fsp3) is 0.200. The summed E-state index contributed by atoms with van der Waals surface area (Å²) in [6.07, 6.45) is 3.52. The smallest absolute Gasteiger partial charge is 0.271 e. The first kappa shape index (κ1) is 12.4. The molecule has 1 amide bonds. The summed E-state index contributed by atoms with van der Waals surface area (Å²) in [7, 11) is 0. The average molecular weight is 264 g/mol. The van der Waals surface area contributed by atoms with Crippen molar-refractivity contribution in [1.29, 1.82) is 0 Å². The van der Waals surface area contributed by atoms with Crippen LogP contribution in [-0.2, 0) is 6.42 Å². The number of hydrogen-bond acceptors (Lipinski definition) is 7. The molecule has 0 saturated carbocycles. The number of nitrogen functional groups attached to an aromatic ring is 1. The van der Waals surface area contributed by atoms with Crippen molar-refractivity contribution in [3.63, 3.8) is 0 Å². The van der Waals surface area contributed by atoms with E-state index in [1.807, 2.05) is 5.38 Å². The molecule has 2 aromatic rings. The molecule has 0 bridgehead atoms. The van der Waals surface area contributed by atoms with Gasteiger partial charge in [-0.05, 0) is 0 Å². The van der Waals surface area contributed by atoms with Crippen molar-refractivity contribution >= 4 is 23.1 Å². The third-order valence-corrected chi connectivity index (χ3v) is 2.80. The lowest BCUT2D eigenvalue weighted by molar-refractivity contribution is 0.0949. The summed E-state index contributed by atoms with van der Waals surface area (Å²) in [5.74, 6) is 5.26. The summed E-state index contributed by atoms with van der Waals surface area (Å²) in [5.41, 5.74) is 5.29. The molecule has 0 spiro atoms. The van der Waals surface area contributed by atoms with Gasteiger partial charge in [-0.3, -0.25) is 9.78 Å². The highest BCUT2D eigenvalue weighted by molar-refractivity contribution is 7.07. The molecule has 0 radical (unpaired) electrons. The SMILES string of the molecule is NNc1cncc(C(=O)NCCc2cscn2)n1. The first-order valence-corrected chi connectivity index (χ1v) is 6.18. The van der Waals surface area contributed by atoms with Gasteiger partial charge >= 0.3 is 0 Å². The van der Waals surface area contributed by atoms with E-state index in [4.69, 9.17) is 5.84 Å². The van der Waals surface area contributed by atoms with Gasteiger partial charge in [0.05, 0.1) is 23.6 Å². The van der Waals surface area contributed by atoms with Crippen LogP contribution in [0.2, 0.25) is 0 Å². The van der Waals surface area contributed by atoms with Gasteiger partial charge in [-0.15, -0.1) is 11.3 Å². The van der Waals surface area contributed by atoms with Crippen molar-refractivity contribution in [3.8, 4) is 0 Å². The van der Waals surface area contributed by atoms with Gasteiger partial charge in [-0.1, -0.05) is 0 Å². The lowest BCUT2D eigenvalue weighted by Crippen LogP contribution is -2.27. The number of anilines is 1. The highest BCUT2D eigenvalue weighted by Gasteiger charge is 2.08. The monoisotopic (exact) mass is 264 g/mol. The van der Waals surface area contributed by atoms with Crippen LogP contribution in [0.4, 0.5) is 5.82 Å². The summed E-state index contributed by atoms with van der Waals surface area (Å²) in [4.78, 5) is 23.7. The van der Waals surface area contributed by atoms with Crippen LogP contribution in [0.1, 0.15) is 16.2 Å². The number of thiazole rings is 1. The normalized spacial score (nSPS) is 10.1. The van der Waals surface area contributed by atoms with Crippen molar-refractivity contribution in [2.45, 2.75) is 6.42 Å². The number of amides is 1. The Morgan fingerprint density at radius 3 is 3.06 bits per heavy atom. The Morgan fingerprint density at radius 2 is 2.33 bits per heavy atom. The van der Waals surface area contributed by atoms with Crippen LogP contribution >= 0.6 is 11.3 Å². The van der Waals surface area contributed by atoms with E-state index >= 15 is 0 Å². The van der Waals surface area contributed by atoms with E-state index in [0.29, 0.717) is 18.8 Å². The number of nitrogens with two attached hydrogens (primary N) is 1. The number of nitrogens with zero attached hydrogens (tertiary/aromatic N) is 3. The molecule has 2 rings (SSSR count). The number of hydrazine groups is 1. The number of aromatic nitrogens is 3. The Labute approximate surface area is 107 Å². The Morgan fingerprint density at radius 1 is 1.44 bits per heavy atom. The predicted molar refractivity (Wildman–Crippen MR) is 68.0 cm³/mol. The molecule has 0 atom stereocenters. The largest absolute Gasteiger partial charge is 0.350 e. The molecule has 0 aromatic carbocycles. The molecule has 0 unspecified atom stereocenters. The van der Waals surface area contributed by atoms with Gasteiger partial charge in [0.1, 0.15) is 5.69 Å². The van der Waals surface area contributed by atoms with Gasteiger partial charge in [0.2, 0.25) is 0 Å². The third-order valence-electron chi connectivity index (χ3n) is 2.17. The summed E-state index contributed by atoms with van der Waals surface area (Å²) in [5, 5.41) is 4.69. The molecule has 94 valence electrons. The lowest BCUT2D eigenvalue weighted by atomic mass is 10.3. The van der Waals surface area contributed by atoms with E-state index in [-0.39, 0.29) is 11.6 Å². The zero-order chi connectivity index (χ0) is 12.8. The molecule has 0 aliphatic rings. The lowest BCUT2D eigenvalue weighted by Gasteiger charge is -2.04. The molecule has 8 heteroatoms. The van der Waals surface area contributed by atoms with Crippen LogP contribution in [-0.4, -0.2) is 27.4 Å². The zero-order valence-corrected chi connectivity index (χ0v) is 10.3. The molecule has 18 heavy (non-hydrogen) atoms. The highest BCUT2D eigenvalue weighted by Crippen LogP contribution is 2.02. The topological polar surface area (TPSA) is 106 Å². The number of carbonyl (C=O) groups excluding carboxylic acids is 1. The van der Waals surface area contributed by atoms with E-state index in [0.717, 1.165) is 5.69 Å². The van der Waals surface area contributed by atoms with E-state index in [9.17, 15) is 4.79 Å². The van der Waals surface area contributed by atoms with Crippen LogP contribution in [0.15, 0.2) is 23.3 Å². The molecular weight excluding hydrogens is 252 g/mol. The Hall–Kier alpha value is -2.06. The van der Waals surface area contributed by atoms with Gasteiger partial charge in [-0.2, -0.15) is 0 Å². The standard InChI is InChI=1S/C10H12N6OS/c11-16-9-4-12-3-8(15-9)10(17)13-2-1-7-5-18-6-14-7/h3-6H,1-2,11H2,(H,13,17)(H,15,16). The van der Waals surface area contributed by atoms with Gasteiger partial charge < -0.3 is 10.7 Å². The van der Waals surface area contributed by atoms with Gasteiger partial charge in [-0.25, -0.2) is 15.8 Å². The Balaban J connectivity index is 1.87. The quantitative estimate of drug-likeness (QED) is 0.526. The van der Waals surface area contributed by atoms with Crippen LogP contribution < -0.4 is 16.6 Å². The summed E-state index contributed by atoms with van der Waals surface area (Å²) >= 11 is 1.53. The number of hydrogen-bond donors (Lipinski definition) is 3. The summed E-state index contributed by atoms with van der Waals surface area (Å²) in [6.45, 7) is 0.504. The second-order valence-electron chi connectivity index (χ2n) is 3.42. The zero-order valence-electron chi connectivity index (χ0n) is 9.46. The maximum absolute atomic E-state index is 11.7.